The minimum atomic E-state index is -0.698. The van der Waals surface area contributed by atoms with Crippen molar-refractivity contribution in [3.63, 3.8) is 0 Å². The van der Waals surface area contributed by atoms with E-state index in [1.807, 2.05) is 13.0 Å². The van der Waals surface area contributed by atoms with Crippen molar-refractivity contribution in [2.45, 2.75) is 52.1 Å². The third-order valence-electron chi connectivity index (χ3n) is 4.69. The van der Waals surface area contributed by atoms with Crippen molar-refractivity contribution < 1.29 is 9.90 Å². The van der Waals surface area contributed by atoms with Gasteiger partial charge in [-0.15, -0.1) is 0 Å². The largest absolute Gasteiger partial charge is 0.481 e. The normalized spacial score (nSPS) is 24.0. The third-order valence-corrected chi connectivity index (χ3v) is 4.69. The molecule has 1 N–H and O–H groups in total. The monoisotopic (exact) mass is 289 g/mol. The quantitative estimate of drug-likeness (QED) is 0.866. The molecule has 0 bridgehead atoms. The second kappa shape index (κ2) is 7.60. The number of carbonyl (C=O) groups is 1. The van der Waals surface area contributed by atoms with Crippen LogP contribution >= 0.6 is 0 Å². The molecule has 1 saturated carbocycles. The molecule has 0 aromatic heterocycles. The maximum absolute atomic E-state index is 11.2. The first kappa shape index (κ1) is 16.0. The highest BCUT2D eigenvalue weighted by molar-refractivity contribution is 5.69. The zero-order chi connectivity index (χ0) is 15.2. The Bertz CT molecular complexity index is 446. The van der Waals surface area contributed by atoms with Crippen LogP contribution in [0.2, 0.25) is 0 Å². The second-order valence-electron chi connectivity index (χ2n) is 6.48. The first-order valence-corrected chi connectivity index (χ1v) is 8.08. The molecule has 0 saturated heterocycles. The second-order valence-corrected chi connectivity index (χ2v) is 6.48. The van der Waals surface area contributed by atoms with E-state index in [-0.39, 0.29) is 5.92 Å². The fourth-order valence-electron chi connectivity index (χ4n) is 3.40. The Morgan fingerprint density at radius 2 is 1.95 bits per heavy atom. The van der Waals surface area contributed by atoms with Gasteiger partial charge in [-0.2, -0.15) is 0 Å². The molecule has 3 atom stereocenters. The van der Waals surface area contributed by atoms with Crippen LogP contribution in [0.25, 0.3) is 0 Å². The maximum Gasteiger partial charge on any atom is 0.307 e. The molecule has 3 heteroatoms. The van der Waals surface area contributed by atoms with Crippen LogP contribution in [0.3, 0.4) is 0 Å². The van der Waals surface area contributed by atoms with Gasteiger partial charge in [0, 0.05) is 19.1 Å². The molecular formula is C18H27NO2. The summed E-state index contributed by atoms with van der Waals surface area (Å²) in [4.78, 5) is 13.6. The number of rotatable bonds is 6. The van der Waals surface area contributed by atoms with Gasteiger partial charge in [-0.1, -0.05) is 57.0 Å². The van der Waals surface area contributed by atoms with E-state index in [1.54, 1.807) is 0 Å². The zero-order valence-electron chi connectivity index (χ0n) is 13.2. The van der Waals surface area contributed by atoms with Crippen LogP contribution in [-0.4, -0.2) is 28.6 Å². The molecule has 3 unspecified atom stereocenters. The van der Waals surface area contributed by atoms with Crippen LogP contribution in [0.4, 0.5) is 0 Å². The summed E-state index contributed by atoms with van der Waals surface area (Å²) in [5.41, 5.74) is 1.27. The van der Waals surface area contributed by atoms with Crippen LogP contribution in [0.15, 0.2) is 30.3 Å². The minimum absolute atomic E-state index is 0.317. The predicted molar refractivity (Wildman–Crippen MR) is 85.1 cm³/mol. The van der Waals surface area contributed by atoms with E-state index in [0.717, 1.165) is 6.54 Å². The van der Waals surface area contributed by atoms with Crippen LogP contribution in [-0.2, 0) is 11.3 Å². The summed E-state index contributed by atoms with van der Waals surface area (Å²) >= 11 is 0. The molecule has 1 aliphatic rings. The fourth-order valence-corrected chi connectivity index (χ4v) is 3.40. The Morgan fingerprint density at radius 1 is 1.29 bits per heavy atom. The van der Waals surface area contributed by atoms with Gasteiger partial charge in [0.05, 0.1) is 5.92 Å². The third kappa shape index (κ3) is 4.57. The van der Waals surface area contributed by atoms with E-state index >= 15 is 0 Å². The highest BCUT2D eigenvalue weighted by atomic mass is 16.4. The lowest BCUT2D eigenvalue weighted by Crippen LogP contribution is -2.44. The molecule has 0 radical (unpaired) electrons. The molecule has 3 nitrogen and oxygen atoms in total. The van der Waals surface area contributed by atoms with E-state index < -0.39 is 5.97 Å². The van der Waals surface area contributed by atoms with Crippen molar-refractivity contribution in [3.8, 4) is 0 Å². The molecule has 1 aromatic carbocycles. The van der Waals surface area contributed by atoms with Gasteiger partial charge in [-0.25, -0.2) is 0 Å². The van der Waals surface area contributed by atoms with Crippen molar-refractivity contribution in [2.24, 2.45) is 11.8 Å². The van der Waals surface area contributed by atoms with E-state index in [4.69, 9.17) is 0 Å². The molecule has 0 heterocycles. The summed E-state index contributed by atoms with van der Waals surface area (Å²) in [7, 11) is 0. The summed E-state index contributed by atoms with van der Waals surface area (Å²) in [5.74, 6) is -0.358. The van der Waals surface area contributed by atoms with Crippen molar-refractivity contribution in [1.29, 1.82) is 0 Å². The first-order valence-electron chi connectivity index (χ1n) is 8.08. The average molecular weight is 289 g/mol. The highest BCUT2D eigenvalue weighted by Gasteiger charge is 2.29. The smallest absolute Gasteiger partial charge is 0.307 e. The molecule has 2 rings (SSSR count). The Balaban J connectivity index is 2.11. The molecular weight excluding hydrogens is 262 g/mol. The number of benzene rings is 1. The van der Waals surface area contributed by atoms with Gasteiger partial charge in [0.1, 0.15) is 0 Å². The molecule has 0 amide bonds. The van der Waals surface area contributed by atoms with Crippen molar-refractivity contribution in [2.75, 3.05) is 6.54 Å². The maximum atomic E-state index is 11.2. The van der Waals surface area contributed by atoms with E-state index in [2.05, 4.69) is 36.1 Å². The number of hydrogen-bond acceptors (Lipinski definition) is 2. The number of nitrogens with zero attached hydrogens (tertiary/aromatic N) is 1. The first-order chi connectivity index (χ1) is 10.1. The molecule has 0 aliphatic heterocycles. The number of carboxylic acids is 1. The molecule has 1 aliphatic carbocycles. The lowest BCUT2D eigenvalue weighted by molar-refractivity contribution is -0.142. The topological polar surface area (TPSA) is 40.5 Å². The summed E-state index contributed by atoms with van der Waals surface area (Å²) in [6.45, 7) is 5.62. The number of hydrogen-bond donors (Lipinski definition) is 1. The lowest BCUT2D eigenvalue weighted by atomic mass is 9.84. The Hall–Kier alpha value is -1.35. The van der Waals surface area contributed by atoms with Gasteiger partial charge in [-0.05, 0) is 24.3 Å². The Labute approximate surface area is 128 Å². The predicted octanol–water partition coefficient (Wildman–Crippen LogP) is 3.79. The van der Waals surface area contributed by atoms with Gasteiger partial charge in [0.2, 0.25) is 0 Å². The van der Waals surface area contributed by atoms with Crippen LogP contribution in [0.1, 0.15) is 45.1 Å². The van der Waals surface area contributed by atoms with Gasteiger partial charge in [0.25, 0.3) is 0 Å². The molecule has 0 spiro atoms. The van der Waals surface area contributed by atoms with Crippen molar-refractivity contribution >= 4 is 5.97 Å². The van der Waals surface area contributed by atoms with Gasteiger partial charge < -0.3 is 5.11 Å². The minimum Gasteiger partial charge on any atom is -0.481 e. The Kier molecular flexibility index (Phi) is 5.80. The number of carboxylic acid groups (broad SMARTS) is 1. The molecule has 1 fully saturated rings. The van der Waals surface area contributed by atoms with E-state index in [1.165, 1.54) is 31.2 Å². The van der Waals surface area contributed by atoms with Crippen molar-refractivity contribution in [3.05, 3.63) is 35.9 Å². The van der Waals surface area contributed by atoms with Gasteiger partial charge in [-0.3, -0.25) is 9.69 Å². The fraction of sp³-hybridized carbons (Fsp3) is 0.611. The van der Waals surface area contributed by atoms with E-state index in [9.17, 15) is 9.90 Å². The van der Waals surface area contributed by atoms with E-state index in [0.29, 0.717) is 18.5 Å². The van der Waals surface area contributed by atoms with Crippen LogP contribution < -0.4 is 0 Å². The van der Waals surface area contributed by atoms with Crippen molar-refractivity contribution in [1.82, 2.24) is 4.90 Å². The molecule has 116 valence electrons. The standard InChI is InChI=1S/C18H27NO2/c1-14-8-6-7-11-17(14)19(12-15(2)18(20)21)13-16-9-4-3-5-10-16/h3-5,9-10,14-15,17H,6-8,11-13H2,1-2H3,(H,20,21). The Morgan fingerprint density at radius 3 is 2.57 bits per heavy atom. The average Bonchev–Trinajstić information content (AvgIpc) is 2.48. The molecule has 21 heavy (non-hydrogen) atoms. The summed E-state index contributed by atoms with van der Waals surface area (Å²) in [6.07, 6.45) is 5.03. The SMILES string of the molecule is CC(CN(Cc1ccccc1)C1CCCCC1C)C(=O)O. The number of aliphatic carboxylic acids is 1. The summed E-state index contributed by atoms with van der Waals surface area (Å²) < 4.78 is 0. The van der Waals surface area contributed by atoms with Gasteiger partial charge >= 0.3 is 5.97 Å². The zero-order valence-corrected chi connectivity index (χ0v) is 13.2. The van der Waals surface area contributed by atoms with Gasteiger partial charge in [0.15, 0.2) is 0 Å². The highest BCUT2D eigenvalue weighted by Crippen LogP contribution is 2.29. The summed E-state index contributed by atoms with van der Waals surface area (Å²) in [6, 6.07) is 10.9. The summed E-state index contributed by atoms with van der Waals surface area (Å²) in [5, 5.41) is 9.23. The lowest BCUT2D eigenvalue weighted by Gasteiger charge is -2.39. The molecule has 1 aromatic rings. The van der Waals surface area contributed by atoms with Crippen LogP contribution in [0.5, 0.6) is 0 Å². The van der Waals surface area contributed by atoms with Crippen LogP contribution in [0, 0.1) is 11.8 Å².